The Balaban J connectivity index is 1.90. The van der Waals surface area contributed by atoms with Gasteiger partial charge in [-0.3, -0.25) is 0 Å². The zero-order valence-electron chi connectivity index (χ0n) is 9.65. The molecule has 16 heavy (non-hydrogen) atoms. The van der Waals surface area contributed by atoms with Crippen molar-refractivity contribution in [3.63, 3.8) is 0 Å². The molecule has 86 valence electrons. The van der Waals surface area contributed by atoms with Crippen molar-refractivity contribution in [3.05, 3.63) is 11.7 Å². The molecule has 0 saturated heterocycles. The van der Waals surface area contributed by atoms with E-state index in [1.165, 1.54) is 19.3 Å². The number of rotatable bonds is 4. The van der Waals surface area contributed by atoms with Crippen LogP contribution in [0.2, 0.25) is 0 Å². The van der Waals surface area contributed by atoms with Crippen LogP contribution in [0.25, 0.3) is 0 Å². The molecule has 0 amide bonds. The van der Waals surface area contributed by atoms with E-state index in [4.69, 9.17) is 9.78 Å². The maximum absolute atomic E-state index is 8.43. The van der Waals surface area contributed by atoms with Crippen molar-refractivity contribution in [2.75, 3.05) is 0 Å². The van der Waals surface area contributed by atoms with E-state index in [0.29, 0.717) is 18.2 Å². The third kappa shape index (κ3) is 2.60. The molecule has 1 fully saturated rings. The molecule has 0 radical (unpaired) electrons. The number of nitriles is 1. The van der Waals surface area contributed by atoms with Crippen LogP contribution in [0.15, 0.2) is 4.52 Å². The first-order valence-electron chi connectivity index (χ1n) is 5.99. The molecule has 1 aliphatic carbocycles. The largest absolute Gasteiger partial charge is 0.339 e. The summed E-state index contributed by atoms with van der Waals surface area (Å²) in [5.41, 5.74) is 0. The summed E-state index contributed by atoms with van der Waals surface area (Å²) < 4.78 is 5.19. The third-order valence-electron chi connectivity index (χ3n) is 3.22. The van der Waals surface area contributed by atoms with Gasteiger partial charge in [-0.2, -0.15) is 10.2 Å². The van der Waals surface area contributed by atoms with Gasteiger partial charge in [-0.15, -0.1) is 0 Å². The zero-order valence-corrected chi connectivity index (χ0v) is 9.65. The predicted octanol–water partition coefficient (Wildman–Crippen LogP) is 2.82. The molecule has 1 saturated carbocycles. The van der Waals surface area contributed by atoms with E-state index in [0.717, 1.165) is 24.6 Å². The fraction of sp³-hybridized carbons (Fsp3) is 0.750. The second kappa shape index (κ2) is 5.11. The lowest BCUT2D eigenvalue weighted by atomic mass is 10.1. The number of nitrogens with zero attached hydrogens (tertiary/aromatic N) is 3. The number of hydrogen-bond acceptors (Lipinski definition) is 4. The molecule has 2 atom stereocenters. The van der Waals surface area contributed by atoms with Crippen molar-refractivity contribution in [2.24, 2.45) is 5.92 Å². The number of hydrogen-bond donors (Lipinski definition) is 0. The molecule has 2 rings (SSSR count). The summed E-state index contributed by atoms with van der Waals surface area (Å²) in [6.45, 7) is 2.27. The molecule has 0 spiro atoms. The van der Waals surface area contributed by atoms with Crippen LogP contribution in [0.3, 0.4) is 0 Å². The van der Waals surface area contributed by atoms with Gasteiger partial charge < -0.3 is 4.52 Å². The van der Waals surface area contributed by atoms with E-state index in [1.807, 2.05) is 0 Å². The Morgan fingerprint density at radius 1 is 1.50 bits per heavy atom. The lowest BCUT2D eigenvalue weighted by Crippen LogP contribution is -1.96. The standard InChI is InChI=1S/C12H17N3O/c1-9-5-6-10(8-9)12-14-11(16-15-12)4-2-3-7-13/h9-10H,2-6,8H2,1H3. The average molecular weight is 219 g/mol. The van der Waals surface area contributed by atoms with Crippen molar-refractivity contribution >= 4 is 0 Å². The van der Waals surface area contributed by atoms with Crippen LogP contribution < -0.4 is 0 Å². The van der Waals surface area contributed by atoms with E-state index >= 15 is 0 Å². The van der Waals surface area contributed by atoms with Gasteiger partial charge in [-0.1, -0.05) is 12.1 Å². The maximum Gasteiger partial charge on any atom is 0.226 e. The molecule has 1 aliphatic rings. The van der Waals surface area contributed by atoms with Crippen LogP contribution in [-0.2, 0) is 6.42 Å². The molecule has 0 N–H and O–H groups in total. The lowest BCUT2D eigenvalue weighted by molar-refractivity contribution is 0.367. The highest BCUT2D eigenvalue weighted by Gasteiger charge is 2.26. The summed E-state index contributed by atoms with van der Waals surface area (Å²) in [6.07, 6.45) is 5.71. The number of unbranched alkanes of at least 4 members (excludes halogenated alkanes) is 1. The molecule has 4 nitrogen and oxygen atoms in total. The first-order chi connectivity index (χ1) is 7.79. The van der Waals surface area contributed by atoms with E-state index < -0.39 is 0 Å². The van der Waals surface area contributed by atoms with Crippen LogP contribution >= 0.6 is 0 Å². The Kier molecular flexibility index (Phi) is 3.55. The van der Waals surface area contributed by atoms with Gasteiger partial charge >= 0.3 is 0 Å². The quantitative estimate of drug-likeness (QED) is 0.730. The molecule has 1 aromatic rings. The van der Waals surface area contributed by atoms with E-state index in [1.54, 1.807) is 0 Å². The summed E-state index contributed by atoms with van der Waals surface area (Å²) in [6, 6.07) is 2.12. The molecule has 0 bridgehead atoms. The molecule has 1 heterocycles. The van der Waals surface area contributed by atoms with Crippen molar-refractivity contribution in [1.82, 2.24) is 10.1 Å². The van der Waals surface area contributed by atoms with Gasteiger partial charge in [0.15, 0.2) is 5.82 Å². The minimum absolute atomic E-state index is 0.489. The molecule has 0 aromatic carbocycles. The van der Waals surface area contributed by atoms with Gasteiger partial charge in [0.2, 0.25) is 5.89 Å². The fourth-order valence-corrected chi connectivity index (χ4v) is 2.30. The van der Waals surface area contributed by atoms with Crippen LogP contribution in [0.5, 0.6) is 0 Å². The molecular weight excluding hydrogens is 202 g/mol. The molecule has 1 aromatic heterocycles. The van der Waals surface area contributed by atoms with Crippen molar-refractivity contribution < 1.29 is 4.52 Å². The van der Waals surface area contributed by atoms with Gasteiger partial charge in [0.1, 0.15) is 0 Å². The molecular formula is C12H17N3O. The zero-order chi connectivity index (χ0) is 11.4. The molecule has 4 heteroatoms. The second-order valence-corrected chi connectivity index (χ2v) is 4.67. The van der Waals surface area contributed by atoms with Gasteiger partial charge in [0.25, 0.3) is 0 Å². The number of aromatic nitrogens is 2. The lowest BCUT2D eigenvalue weighted by Gasteiger charge is -2.01. The first-order valence-corrected chi connectivity index (χ1v) is 5.99. The summed E-state index contributed by atoms with van der Waals surface area (Å²) in [4.78, 5) is 4.41. The highest BCUT2D eigenvalue weighted by molar-refractivity contribution is 4.99. The topological polar surface area (TPSA) is 62.7 Å². The Labute approximate surface area is 95.7 Å². The third-order valence-corrected chi connectivity index (χ3v) is 3.22. The first kappa shape index (κ1) is 11.1. The summed E-state index contributed by atoms with van der Waals surface area (Å²) >= 11 is 0. The van der Waals surface area contributed by atoms with E-state index in [2.05, 4.69) is 23.1 Å². The smallest absolute Gasteiger partial charge is 0.226 e. The Morgan fingerprint density at radius 3 is 3.06 bits per heavy atom. The summed E-state index contributed by atoms with van der Waals surface area (Å²) in [5.74, 6) is 2.83. The highest BCUT2D eigenvalue weighted by atomic mass is 16.5. The van der Waals surface area contributed by atoms with E-state index in [-0.39, 0.29) is 0 Å². The van der Waals surface area contributed by atoms with Gasteiger partial charge in [0.05, 0.1) is 6.07 Å². The molecule has 0 aliphatic heterocycles. The fourth-order valence-electron chi connectivity index (χ4n) is 2.30. The van der Waals surface area contributed by atoms with E-state index in [9.17, 15) is 0 Å². The Morgan fingerprint density at radius 2 is 2.38 bits per heavy atom. The SMILES string of the molecule is CC1CCC(c2noc(CCCC#N)n2)C1. The van der Waals surface area contributed by atoms with Gasteiger partial charge in [-0.25, -0.2) is 0 Å². The predicted molar refractivity (Wildman–Crippen MR) is 58.6 cm³/mol. The maximum atomic E-state index is 8.43. The summed E-state index contributed by atoms with van der Waals surface area (Å²) in [7, 11) is 0. The monoisotopic (exact) mass is 219 g/mol. The molecule has 2 unspecified atom stereocenters. The Bertz CT molecular complexity index is 380. The van der Waals surface area contributed by atoms with Crippen LogP contribution in [0.1, 0.15) is 56.7 Å². The van der Waals surface area contributed by atoms with Crippen molar-refractivity contribution in [1.29, 1.82) is 5.26 Å². The highest BCUT2D eigenvalue weighted by Crippen LogP contribution is 2.36. The van der Waals surface area contributed by atoms with Crippen molar-refractivity contribution in [3.8, 4) is 6.07 Å². The van der Waals surface area contributed by atoms with Crippen LogP contribution in [0, 0.1) is 17.2 Å². The van der Waals surface area contributed by atoms with Crippen LogP contribution in [0.4, 0.5) is 0 Å². The second-order valence-electron chi connectivity index (χ2n) is 4.67. The summed E-state index contributed by atoms with van der Waals surface area (Å²) in [5, 5.41) is 12.5. The Hall–Kier alpha value is -1.37. The number of aryl methyl sites for hydroxylation is 1. The average Bonchev–Trinajstić information content (AvgIpc) is 2.87. The normalized spacial score (nSPS) is 24.5. The minimum Gasteiger partial charge on any atom is -0.339 e. The van der Waals surface area contributed by atoms with Crippen molar-refractivity contribution in [2.45, 2.75) is 51.4 Å². The van der Waals surface area contributed by atoms with Crippen LogP contribution in [-0.4, -0.2) is 10.1 Å². The van der Waals surface area contributed by atoms with Gasteiger partial charge in [0, 0.05) is 18.8 Å². The van der Waals surface area contributed by atoms with Gasteiger partial charge in [-0.05, 0) is 31.6 Å². The minimum atomic E-state index is 0.489.